The van der Waals surface area contributed by atoms with Gasteiger partial charge in [-0.05, 0) is 119 Å². The second kappa shape index (κ2) is 17.1. The fraction of sp³-hybridized carbons (Fsp3) is 0.375. The second-order valence-electron chi connectivity index (χ2n) is 13.6. The van der Waals surface area contributed by atoms with Crippen molar-refractivity contribution >= 4 is 59.1 Å². The Morgan fingerprint density at radius 3 is 2.44 bits per heavy atom. The third kappa shape index (κ3) is 8.56. The molecule has 6 rings (SSSR count). The lowest BCUT2D eigenvalue weighted by atomic mass is 9.58. The number of phenolic OH excluding ortho intramolecular Hbond substituents is 1. The summed E-state index contributed by atoms with van der Waals surface area (Å²) in [6.07, 6.45) is 4.82. The molecule has 2 aliphatic heterocycles. The number of fused-ring (bicyclic) bond motifs is 3. The first kappa shape index (κ1) is 37.6. The number of phenols is 1. The zero-order valence-electron chi connectivity index (χ0n) is 29.1. The van der Waals surface area contributed by atoms with Crippen LogP contribution in [0, 0.1) is 21.3 Å². The Hall–Kier alpha value is -4.14. The summed E-state index contributed by atoms with van der Waals surface area (Å²) in [5.41, 5.74) is 4.73. The average molecular weight is 819 g/mol. The number of unbranched alkanes of at least 4 members (excludes halogenated alkanes) is 2. The monoisotopic (exact) mass is 819 g/mol. The van der Waals surface area contributed by atoms with E-state index in [0.29, 0.717) is 53.6 Å². The Morgan fingerprint density at radius 1 is 1.00 bits per heavy atom. The summed E-state index contributed by atoms with van der Waals surface area (Å²) in [5, 5.41) is 30.6. The van der Waals surface area contributed by atoms with Gasteiger partial charge < -0.3 is 29.4 Å². The van der Waals surface area contributed by atoms with Crippen LogP contribution in [0.2, 0.25) is 6.32 Å². The maximum absolute atomic E-state index is 14.0. The number of amides is 2. The third-order valence-electron chi connectivity index (χ3n) is 10.3. The summed E-state index contributed by atoms with van der Waals surface area (Å²) in [5.74, 6) is -1.73. The number of carboxylic acids is 1. The molecule has 4 atom stereocenters. The second-order valence-corrected chi connectivity index (χ2v) is 14.7. The van der Waals surface area contributed by atoms with Crippen molar-refractivity contribution in [2.24, 2.45) is 17.8 Å². The van der Waals surface area contributed by atoms with E-state index in [1.807, 2.05) is 66.7 Å². The van der Waals surface area contributed by atoms with Crippen molar-refractivity contribution in [2.75, 3.05) is 20.3 Å². The lowest BCUT2D eigenvalue weighted by molar-refractivity contribution is -0.141. The molecule has 0 saturated carbocycles. The van der Waals surface area contributed by atoms with E-state index in [9.17, 15) is 24.5 Å². The van der Waals surface area contributed by atoms with E-state index >= 15 is 0 Å². The number of ether oxygens (including phenoxy) is 2. The molecule has 3 aromatic rings. The number of carboxylic acid groups (broad SMARTS) is 1. The standard InChI is InChI=1S/C40H43BINO9/c1-50-34-21-25(20-32(42)38(34)46)19-27(26-11-5-2-6-12-26)16-17-33-36-28(24-51-29-13-7-3-8-14-29)22-30-37(31(36)23-41(49)52-33)40(48)43(39(30)47)18-10-4-9-15-35(44)45/h2-3,5-8,11-14,19-21,30-31,33,37,46,49H,4,9-10,15-18,22-24H2,1H3,(H,44,45)/b27-19-/t30-,31+,33-,37-/m1/s1. The number of methoxy groups -OCH3 is 1. The molecule has 0 bridgehead atoms. The molecule has 272 valence electrons. The molecule has 52 heavy (non-hydrogen) atoms. The van der Waals surface area contributed by atoms with Gasteiger partial charge in [0.1, 0.15) is 12.4 Å². The number of rotatable bonds is 15. The first-order valence-electron chi connectivity index (χ1n) is 17.8. The Kier molecular flexibility index (Phi) is 12.4. The Bertz CT molecular complexity index is 1830. The van der Waals surface area contributed by atoms with Gasteiger partial charge in [0, 0.05) is 13.0 Å². The number of aromatic hydroxyl groups is 1. The minimum atomic E-state index is -1.12. The molecule has 1 aliphatic carbocycles. The molecule has 2 fully saturated rings. The first-order chi connectivity index (χ1) is 25.1. The van der Waals surface area contributed by atoms with E-state index in [1.165, 1.54) is 12.0 Å². The number of benzene rings is 3. The van der Waals surface area contributed by atoms with Crippen LogP contribution < -0.4 is 9.47 Å². The van der Waals surface area contributed by atoms with Crippen LogP contribution in [0.3, 0.4) is 0 Å². The van der Waals surface area contributed by atoms with Crippen molar-refractivity contribution in [2.45, 2.75) is 57.4 Å². The molecule has 2 saturated heterocycles. The number of hydrogen-bond donors (Lipinski definition) is 3. The van der Waals surface area contributed by atoms with Crippen LogP contribution in [0.4, 0.5) is 0 Å². The van der Waals surface area contributed by atoms with Gasteiger partial charge in [-0.1, -0.05) is 61.0 Å². The summed E-state index contributed by atoms with van der Waals surface area (Å²) < 4.78 is 18.6. The molecule has 2 heterocycles. The molecule has 0 radical (unpaired) electrons. The van der Waals surface area contributed by atoms with E-state index in [-0.39, 0.29) is 43.5 Å². The summed E-state index contributed by atoms with van der Waals surface area (Å²) in [7, 11) is 0.402. The largest absolute Gasteiger partial charge is 0.504 e. The smallest absolute Gasteiger partial charge is 0.455 e. The number of para-hydroxylation sites is 1. The van der Waals surface area contributed by atoms with Crippen LogP contribution >= 0.6 is 22.6 Å². The van der Waals surface area contributed by atoms with Crippen molar-refractivity contribution in [1.82, 2.24) is 4.90 Å². The minimum absolute atomic E-state index is 0.0517. The zero-order valence-corrected chi connectivity index (χ0v) is 31.2. The predicted octanol–water partition coefficient (Wildman–Crippen LogP) is 6.85. The fourth-order valence-corrected chi connectivity index (χ4v) is 8.49. The van der Waals surface area contributed by atoms with Crippen LogP contribution in [0.5, 0.6) is 17.2 Å². The molecular weight excluding hydrogens is 776 g/mol. The normalized spacial score (nSPS) is 21.6. The van der Waals surface area contributed by atoms with Gasteiger partial charge >= 0.3 is 13.1 Å². The van der Waals surface area contributed by atoms with Gasteiger partial charge in [0.2, 0.25) is 11.8 Å². The zero-order chi connectivity index (χ0) is 36.8. The maximum atomic E-state index is 14.0. The number of carbonyl (C=O) groups excluding carboxylic acids is 2. The minimum Gasteiger partial charge on any atom is -0.504 e. The molecule has 0 aromatic heterocycles. The highest BCUT2D eigenvalue weighted by molar-refractivity contribution is 14.1. The molecule has 10 nitrogen and oxygen atoms in total. The van der Waals surface area contributed by atoms with Gasteiger partial charge in [-0.15, -0.1) is 0 Å². The number of likely N-dealkylation sites (tertiary alicyclic amines) is 1. The van der Waals surface area contributed by atoms with E-state index in [2.05, 4.69) is 28.7 Å². The molecule has 0 unspecified atom stereocenters. The Morgan fingerprint density at radius 2 is 1.73 bits per heavy atom. The Labute approximate surface area is 317 Å². The molecular formula is C40H43BINO9. The predicted molar refractivity (Wildman–Crippen MR) is 205 cm³/mol. The van der Waals surface area contributed by atoms with Gasteiger partial charge in [-0.2, -0.15) is 0 Å². The number of hydrogen-bond acceptors (Lipinski definition) is 8. The van der Waals surface area contributed by atoms with E-state index in [0.717, 1.165) is 27.8 Å². The van der Waals surface area contributed by atoms with Crippen molar-refractivity contribution in [3.05, 3.63) is 98.6 Å². The maximum Gasteiger partial charge on any atom is 0.455 e. The van der Waals surface area contributed by atoms with Crippen molar-refractivity contribution in [3.8, 4) is 17.2 Å². The van der Waals surface area contributed by atoms with Crippen molar-refractivity contribution in [1.29, 1.82) is 0 Å². The topological polar surface area (TPSA) is 143 Å². The highest BCUT2D eigenvalue weighted by Gasteiger charge is 2.57. The van der Waals surface area contributed by atoms with Gasteiger partial charge in [0.25, 0.3) is 0 Å². The van der Waals surface area contributed by atoms with Crippen LogP contribution in [0.25, 0.3) is 11.6 Å². The van der Waals surface area contributed by atoms with Crippen LogP contribution in [0.15, 0.2) is 83.9 Å². The third-order valence-corrected chi connectivity index (χ3v) is 11.1. The van der Waals surface area contributed by atoms with E-state index < -0.39 is 36.9 Å². The van der Waals surface area contributed by atoms with Crippen LogP contribution in [-0.2, 0) is 19.0 Å². The van der Waals surface area contributed by atoms with Crippen molar-refractivity contribution in [3.63, 3.8) is 0 Å². The molecule has 3 N–H and O–H groups in total. The number of aliphatic carboxylic acids is 1. The number of imide groups is 1. The highest BCUT2D eigenvalue weighted by Crippen LogP contribution is 2.51. The molecule has 3 aromatic carbocycles. The van der Waals surface area contributed by atoms with Crippen LogP contribution in [0.1, 0.15) is 56.1 Å². The summed E-state index contributed by atoms with van der Waals surface area (Å²) in [6.45, 7) is 0.468. The number of halogens is 1. The van der Waals surface area contributed by atoms with Crippen LogP contribution in [-0.4, -0.2) is 71.4 Å². The van der Waals surface area contributed by atoms with E-state index in [4.69, 9.17) is 19.2 Å². The summed E-state index contributed by atoms with van der Waals surface area (Å²) >= 11 is 2.08. The first-order valence-corrected chi connectivity index (χ1v) is 18.8. The average Bonchev–Trinajstić information content (AvgIpc) is 3.38. The quantitative estimate of drug-likeness (QED) is 0.0375. The SMILES string of the molecule is COc1cc(/C=C(/CC[C@H]2OB(O)C[C@H]3C2=C(COc2ccccc2)C[C@H]2C(=O)N(CCCCCC(=O)O)C(=O)[C@H]23)c2ccccc2)cc(I)c1O. The number of allylic oxidation sites excluding steroid dienone is 1. The van der Waals surface area contributed by atoms with Gasteiger partial charge in [-0.25, -0.2) is 0 Å². The van der Waals surface area contributed by atoms with E-state index in [1.54, 1.807) is 6.07 Å². The van der Waals surface area contributed by atoms with Crippen molar-refractivity contribution < 1.29 is 43.7 Å². The molecule has 3 aliphatic rings. The number of carbonyl (C=O) groups is 3. The molecule has 0 spiro atoms. The molecule has 2 amide bonds. The van der Waals surface area contributed by atoms with Gasteiger partial charge in [0.05, 0.1) is 28.6 Å². The lowest BCUT2D eigenvalue weighted by Gasteiger charge is -2.43. The Balaban J connectivity index is 1.31. The lowest BCUT2D eigenvalue weighted by Crippen LogP contribution is -2.46. The molecule has 12 heteroatoms. The summed E-state index contributed by atoms with van der Waals surface area (Å²) in [4.78, 5) is 40.2. The highest BCUT2D eigenvalue weighted by atomic mass is 127. The fourth-order valence-electron chi connectivity index (χ4n) is 7.86. The summed E-state index contributed by atoms with van der Waals surface area (Å²) in [6, 6.07) is 23.1. The van der Waals surface area contributed by atoms with Gasteiger partial charge in [0.15, 0.2) is 11.5 Å². The van der Waals surface area contributed by atoms with Gasteiger partial charge in [-0.3, -0.25) is 19.3 Å². The number of nitrogens with zero attached hydrogens (tertiary/aromatic N) is 1.